The molecule has 2 unspecified atom stereocenters. The second-order valence-corrected chi connectivity index (χ2v) is 16.8. The number of alkyl halides is 1. The van der Waals surface area contributed by atoms with Crippen molar-refractivity contribution in [1.82, 2.24) is 15.2 Å². The van der Waals surface area contributed by atoms with Gasteiger partial charge >= 0.3 is 18.0 Å². The minimum absolute atomic E-state index is 0.0108. The van der Waals surface area contributed by atoms with Gasteiger partial charge in [-0.2, -0.15) is 0 Å². The third-order valence-corrected chi connectivity index (χ3v) is 10.1. The van der Waals surface area contributed by atoms with E-state index in [0.717, 1.165) is 22.5 Å². The molecular formula is C34H42IN5O10S2. The number of rotatable bonds is 12. The van der Waals surface area contributed by atoms with Crippen LogP contribution < -0.4 is 15.4 Å². The van der Waals surface area contributed by atoms with Crippen LogP contribution in [0.2, 0.25) is 0 Å². The fourth-order valence-corrected chi connectivity index (χ4v) is 7.58. The van der Waals surface area contributed by atoms with E-state index in [-0.39, 0.29) is 28.8 Å². The summed E-state index contributed by atoms with van der Waals surface area (Å²) >= 11 is 4.51. The van der Waals surface area contributed by atoms with Crippen molar-refractivity contribution in [2.75, 3.05) is 22.6 Å². The van der Waals surface area contributed by atoms with E-state index in [1.165, 1.54) is 35.9 Å². The minimum Gasteiger partial charge on any atom is -0.497 e. The summed E-state index contributed by atoms with van der Waals surface area (Å²) in [6, 6.07) is 6.01. The molecule has 2 aliphatic heterocycles. The van der Waals surface area contributed by atoms with Crippen molar-refractivity contribution < 1.29 is 47.8 Å². The lowest BCUT2D eigenvalue weighted by atomic mass is 10.0. The number of amides is 3. The molecule has 2 aliphatic rings. The van der Waals surface area contributed by atoms with Gasteiger partial charge in [-0.3, -0.25) is 19.8 Å². The highest BCUT2D eigenvalue weighted by Crippen LogP contribution is 2.41. The molecule has 1 aromatic heterocycles. The van der Waals surface area contributed by atoms with Crippen LogP contribution in [0.3, 0.4) is 0 Å². The van der Waals surface area contributed by atoms with Crippen molar-refractivity contribution in [1.29, 1.82) is 0 Å². The van der Waals surface area contributed by atoms with Crippen molar-refractivity contribution in [3.05, 3.63) is 52.2 Å². The number of carbonyl (C=O) groups is 5. The molecule has 2 atom stereocenters. The number of nitrogens with zero attached hydrogens (tertiary/aromatic N) is 3. The normalized spacial score (nSPS) is 17.8. The lowest BCUT2D eigenvalue weighted by molar-refractivity contribution is -0.179. The zero-order valence-electron chi connectivity index (χ0n) is 30.3. The second-order valence-electron chi connectivity index (χ2n) is 14.1. The number of oxime groups is 1. The molecule has 0 aliphatic carbocycles. The topological polar surface area (TPSA) is 184 Å². The molecule has 0 radical (unpaired) electrons. The van der Waals surface area contributed by atoms with E-state index in [4.69, 9.17) is 23.8 Å². The quantitative estimate of drug-likeness (QED) is 0.0544. The average Bonchev–Trinajstić information content (AvgIpc) is 3.51. The van der Waals surface area contributed by atoms with E-state index in [2.05, 4.69) is 43.4 Å². The standard InChI is InChI=1S/C34H42IN5O10S2/c1-32(2,3)48-29(44)34(7,8)50-39-22(21-17-52-30(36-21)38-31(45)49-33(4,5)6)25(41)37-23-26(42)40-24(19(14-35)16-51-27(23)40)28(43)47-15-18-10-12-20(46-9)13-11-18/h10-13,17,23,27H,14-16H2,1-9H3,(H,37,41)(H,36,38,45)/b39-22-. The van der Waals surface area contributed by atoms with Crippen LogP contribution >= 0.6 is 45.7 Å². The van der Waals surface area contributed by atoms with Gasteiger partial charge in [0, 0.05) is 15.6 Å². The zero-order chi connectivity index (χ0) is 38.6. The lowest BCUT2D eigenvalue weighted by Gasteiger charge is -2.49. The minimum atomic E-state index is -1.63. The van der Waals surface area contributed by atoms with Gasteiger partial charge in [-0.1, -0.05) is 39.9 Å². The predicted octanol–water partition coefficient (Wildman–Crippen LogP) is 5.17. The molecular weight excluding hydrogens is 829 g/mol. The van der Waals surface area contributed by atoms with Crippen molar-refractivity contribution in [2.45, 2.75) is 90.2 Å². The van der Waals surface area contributed by atoms with Gasteiger partial charge in [0.25, 0.3) is 11.8 Å². The van der Waals surface area contributed by atoms with Gasteiger partial charge in [-0.25, -0.2) is 19.4 Å². The number of anilines is 1. The first kappa shape index (κ1) is 40.9. The van der Waals surface area contributed by atoms with Gasteiger partial charge in [-0.15, -0.1) is 23.1 Å². The smallest absolute Gasteiger partial charge is 0.413 e. The van der Waals surface area contributed by atoms with Crippen LogP contribution in [-0.2, 0) is 44.8 Å². The number of carbonyl (C=O) groups excluding carboxylic acids is 5. The summed E-state index contributed by atoms with van der Waals surface area (Å²) in [5, 5.41) is 10.2. The Morgan fingerprint density at radius 1 is 1.02 bits per heavy atom. The molecule has 1 fully saturated rings. The number of methoxy groups -OCH3 is 1. The highest BCUT2D eigenvalue weighted by Gasteiger charge is 2.54. The Hall–Kier alpha value is -3.91. The summed E-state index contributed by atoms with van der Waals surface area (Å²) in [5.74, 6) is -1.67. The SMILES string of the molecule is COc1ccc(COC(=O)C2=C(CI)CSC3C(NC(=O)/C(=N\OC(C)(C)C(=O)OC(C)(C)C)c4csc(NC(=O)OC(C)(C)C)n4)C(=O)N23)cc1. The van der Waals surface area contributed by atoms with E-state index in [9.17, 15) is 24.0 Å². The maximum atomic E-state index is 13.9. The Balaban J connectivity index is 1.54. The molecule has 2 N–H and O–H groups in total. The summed E-state index contributed by atoms with van der Waals surface area (Å²) in [5.41, 5.74) is -1.98. The Labute approximate surface area is 323 Å². The number of hydrogen-bond acceptors (Lipinski definition) is 14. The second kappa shape index (κ2) is 16.4. The van der Waals surface area contributed by atoms with Crippen LogP contribution in [-0.4, -0.2) is 91.0 Å². The third-order valence-electron chi connectivity index (χ3n) is 7.04. The molecule has 0 spiro atoms. The van der Waals surface area contributed by atoms with Crippen molar-refractivity contribution >= 4 is 86.4 Å². The molecule has 1 saturated heterocycles. The fourth-order valence-electron chi connectivity index (χ4n) is 4.56. The van der Waals surface area contributed by atoms with E-state index in [0.29, 0.717) is 15.9 Å². The Morgan fingerprint density at radius 2 is 1.67 bits per heavy atom. The fraction of sp³-hybridized carbons (Fsp3) is 0.500. The lowest BCUT2D eigenvalue weighted by Crippen LogP contribution is -2.71. The number of halogens is 1. The first-order valence-corrected chi connectivity index (χ1v) is 19.5. The number of benzene rings is 1. The van der Waals surface area contributed by atoms with Crippen LogP contribution in [0.1, 0.15) is 66.6 Å². The Kier molecular flexibility index (Phi) is 12.9. The summed E-state index contributed by atoms with van der Waals surface area (Å²) < 4.78 is 22.0. The molecule has 18 heteroatoms. The van der Waals surface area contributed by atoms with E-state index in [1.807, 2.05) is 0 Å². The van der Waals surface area contributed by atoms with Crippen molar-refractivity contribution in [3.63, 3.8) is 0 Å². The maximum absolute atomic E-state index is 13.9. The first-order valence-electron chi connectivity index (χ1n) is 16.0. The van der Waals surface area contributed by atoms with Gasteiger partial charge in [-0.05, 0) is 78.7 Å². The molecule has 52 heavy (non-hydrogen) atoms. The third kappa shape index (κ3) is 10.4. The molecule has 1 aromatic carbocycles. The van der Waals surface area contributed by atoms with Crippen molar-refractivity contribution in [3.8, 4) is 5.75 Å². The van der Waals surface area contributed by atoms with Gasteiger partial charge in [0.1, 0.15) is 46.4 Å². The molecule has 15 nitrogen and oxygen atoms in total. The van der Waals surface area contributed by atoms with Gasteiger partial charge < -0.3 is 29.1 Å². The van der Waals surface area contributed by atoms with Crippen LogP contribution in [0.4, 0.5) is 9.93 Å². The maximum Gasteiger partial charge on any atom is 0.413 e. The number of esters is 2. The van der Waals surface area contributed by atoms with E-state index < -0.39 is 58.1 Å². The van der Waals surface area contributed by atoms with Gasteiger partial charge in [0.2, 0.25) is 5.60 Å². The number of hydrogen-bond donors (Lipinski definition) is 2. The molecule has 0 bridgehead atoms. The number of thiazole rings is 1. The monoisotopic (exact) mass is 871 g/mol. The molecule has 0 saturated carbocycles. The zero-order valence-corrected chi connectivity index (χ0v) is 34.1. The number of nitrogens with one attached hydrogen (secondary N) is 2. The molecule has 3 heterocycles. The molecule has 282 valence electrons. The van der Waals surface area contributed by atoms with Crippen molar-refractivity contribution in [2.24, 2.45) is 5.16 Å². The Bertz CT molecular complexity index is 1760. The number of ether oxygens (including phenoxy) is 4. The van der Waals surface area contributed by atoms with Gasteiger partial charge in [0.05, 0.1) is 7.11 Å². The van der Waals surface area contributed by atoms with Crippen LogP contribution in [0, 0.1) is 0 Å². The van der Waals surface area contributed by atoms with Crippen LogP contribution in [0.25, 0.3) is 0 Å². The molecule has 2 aromatic rings. The number of fused-ring (bicyclic) bond motifs is 1. The average molecular weight is 872 g/mol. The molecule has 4 rings (SSSR count). The highest BCUT2D eigenvalue weighted by atomic mass is 127. The number of thioether (sulfide) groups is 1. The predicted molar refractivity (Wildman–Crippen MR) is 203 cm³/mol. The van der Waals surface area contributed by atoms with Crippen LogP contribution in [0.15, 0.2) is 46.1 Å². The van der Waals surface area contributed by atoms with E-state index in [1.54, 1.807) is 72.9 Å². The van der Waals surface area contributed by atoms with E-state index >= 15 is 0 Å². The summed E-state index contributed by atoms with van der Waals surface area (Å²) in [7, 11) is 1.56. The van der Waals surface area contributed by atoms with Gasteiger partial charge in [0.15, 0.2) is 10.8 Å². The highest BCUT2D eigenvalue weighted by molar-refractivity contribution is 14.1. The Morgan fingerprint density at radius 3 is 2.27 bits per heavy atom. The first-order chi connectivity index (χ1) is 24.2. The summed E-state index contributed by atoms with van der Waals surface area (Å²) in [4.78, 5) is 77.3. The summed E-state index contributed by atoms with van der Waals surface area (Å²) in [6.07, 6.45) is -0.759. The summed E-state index contributed by atoms with van der Waals surface area (Å²) in [6.45, 7) is 13.1. The number of aromatic nitrogens is 1. The molecule has 3 amide bonds. The largest absolute Gasteiger partial charge is 0.497 e. The number of β-lactam (4-membered cyclic amide) rings is 1. The van der Waals surface area contributed by atoms with Crippen LogP contribution in [0.5, 0.6) is 5.75 Å².